The topological polar surface area (TPSA) is 118 Å². The number of carboxylic acids is 2. The van der Waals surface area contributed by atoms with Crippen LogP contribution in [-0.2, 0) is 14.4 Å². The van der Waals surface area contributed by atoms with Crippen LogP contribution in [0.25, 0.3) is 0 Å². The molecule has 0 aromatic rings. The molecule has 0 fully saturated rings. The van der Waals surface area contributed by atoms with Gasteiger partial charge in [0, 0.05) is 0 Å². The van der Waals surface area contributed by atoms with Crippen LogP contribution in [0.4, 0.5) is 0 Å². The maximum absolute atomic E-state index is 9.64. The fourth-order valence-electron chi connectivity index (χ4n) is 0.490. The number of carbonyl (C=O) groups is 3. The van der Waals surface area contributed by atoms with Crippen molar-refractivity contribution in [2.45, 2.75) is 13.8 Å². The molecule has 6 nitrogen and oxygen atoms in total. The third kappa shape index (κ3) is 54.5. The Kier molecular flexibility index (Phi) is 35.5. The Labute approximate surface area is 147 Å². The van der Waals surface area contributed by atoms with Gasteiger partial charge in [0.15, 0.2) is 0 Å². The summed E-state index contributed by atoms with van der Waals surface area (Å²) in [6, 6.07) is 0. The summed E-state index contributed by atoms with van der Waals surface area (Å²) in [5.41, 5.74) is 0. The molecule has 0 aromatic heterocycles. The number of carboxylic acid groups (broad SMARTS) is 3. The maximum atomic E-state index is 9.64. The summed E-state index contributed by atoms with van der Waals surface area (Å²) in [7, 11) is 0. The first kappa shape index (κ1) is 27.1. The molecule has 106 valence electrons. The Morgan fingerprint density at radius 2 is 1.10 bits per heavy atom. The molecule has 0 rings (SSSR count). The van der Waals surface area contributed by atoms with Crippen LogP contribution in [0, 0.1) is 0 Å². The molecule has 20 heavy (non-hydrogen) atoms. The average molecular weight is 308 g/mol. The molecular formula is C13H16CaO6. The zero-order valence-electron chi connectivity index (χ0n) is 11.4. The van der Waals surface area contributed by atoms with Crippen LogP contribution in [-0.4, -0.2) is 61.3 Å². The van der Waals surface area contributed by atoms with E-state index in [0.29, 0.717) is 0 Å². The predicted molar refractivity (Wildman–Crippen MR) is 72.4 cm³/mol. The van der Waals surface area contributed by atoms with Crippen LogP contribution < -0.4 is 10.2 Å². The summed E-state index contributed by atoms with van der Waals surface area (Å²) >= 11 is 0. The molecule has 0 amide bonds. The van der Waals surface area contributed by atoms with E-state index >= 15 is 0 Å². The Morgan fingerprint density at radius 1 is 0.850 bits per heavy atom. The van der Waals surface area contributed by atoms with Crippen molar-refractivity contribution in [2.24, 2.45) is 0 Å². The van der Waals surface area contributed by atoms with Crippen LogP contribution >= 0.6 is 0 Å². The number of allylic oxidation sites excluding steroid dienone is 6. The van der Waals surface area contributed by atoms with Crippen molar-refractivity contribution in [3.63, 3.8) is 0 Å². The van der Waals surface area contributed by atoms with Gasteiger partial charge in [0.05, 0.1) is 11.9 Å². The molecule has 0 aromatic carbocycles. The molecule has 0 radical (unpaired) electrons. The van der Waals surface area contributed by atoms with Crippen molar-refractivity contribution in [3.8, 4) is 0 Å². The molecule has 0 saturated heterocycles. The summed E-state index contributed by atoms with van der Waals surface area (Å²) in [5, 5.41) is 26.2. The van der Waals surface area contributed by atoms with Crippen molar-refractivity contribution < 1.29 is 29.7 Å². The van der Waals surface area contributed by atoms with Crippen LogP contribution in [0.5, 0.6) is 0 Å². The number of aliphatic carboxylic acids is 2. The number of hydrogen-bond acceptors (Lipinski definition) is 5. The SMILES string of the molecule is CC=CC=CC(=O)[O-].CC=CC=CC(=O)[O-].O=CO.[Ca+2]. The van der Waals surface area contributed by atoms with E-state index < -0.39 is 11.9 Å². The standard InChI is InChI=1S/2C6H8O2.CH2O2.Ca/c2*1-2-3-4-5-6(7)8;2-1-3;/h2*2-5H,1H3,(H,7,8);1H,(H,2,3);/q;;;+2/p-2. The van der Waals surface area contributed by atoms with Gasteiger partial charge >= 0.3 is 37.7 Å². The maximum Gasteiger partial charge on any atom is 2.00 e. The summed E-state index contributed by atoms with van der Waals surface area (Å²) < 4.78 is 0. The molecule has 7 heteroatoms. The summed E-state index contributed by atoms with van der Waals surface area (Å²) in [5.74, 6) is -2.33. The number of rotatable bonds is 4. The smallest absolute Gasteiger partial charge is 0.545 e. The summed E-state index contributed by atoms with van der Waals surface area (Å²) in [4.78, 5) is 27.6. The number of carbonyl (C=O) groups excluding carboxylic acids is 2. The molecule has 1 N–H and O–H groups in total. The van der Waals surface area contributed by atoms with Gasteiger partial charge in [0.1, 0.15) is 0 Å². The largest absolute Gasteiger partial charge is 2.00 e. The second-order valence-corrected chi connectivity index (χ2v) is 2.51. The van der Waals surface area contributed by atoms with Crippen molar-refractivity contribution in [1.29, 1.82) is 0 Å². The van der Waals surface area contributed by atoms with Crippen molar-refractivity contribution >= 4 is 56.1 Å². The molecule has 0 bridgehead atoms. The first-order valence-corrected chi connectivity index (χ1v) is 5.04. The van der Waals surface area contributed by atoms with Gasteiger partial charge in [0.25, 0.3) is 6.47 Å². The van der Waals surface area contributed by atoms with E-state index in [1.807, 2.05) is 0 Å². The zero-order valence-corrected chi connectivity index (χ0v) is 13.6. The van der Waals surface area contributed by atoms with E-state index in [2.05, 4.69) is 0 Å². The fraction of sp³-hybridized carbons (Fsp3) is 0.154. The minimum Gasteiger partial charge on any atom is -0.545 e. The van der Waals surface area contributed by atoms with E-state index in [1.54, 1.807) is 38.2 Å². The molecule has 0 heterocycles. The van der Waals surface area contributed by atoms with Gasteiger partial charge in [-0.25, -0.2) is 0 Å². The van der Waals surface area contributed by atoms with Gasteiger partial charge in [-0.1, -0.05) is 36.5 Å². The zero-order chi connectivity index (χ0) is 15.5. The Hall–Kier alpha value is -1.37. The first-order valence-electron chi connectivity index (χ1n) is 5.04. The Bertz CT molecular complexity index is 324. The van der Waals surface area contributed by atoms with Crippen molar-refractivity contribution in [3.05, 3.63) is 48.6 Å². The minimum absolute atomic E-state index is 0. The van der Waals surface area contributed by atoms with E-state index in [0.717, 1.165) is 12.2 Å². The normalized spacial score (nSPS) is 9.50. The Morgan fingerprint density at radius 3 is 1.25 bits per heavy atom. The average Bonchev–Trinajstić information content (AvgIpc) is 2.31. The van der Waals surface area contributed by atoms with Gasteiger partial charge in [-0.05, 0) is 26.0 Å². The molecular weight excluding hydrogens is 292 g/mol. The predicted octanol–water partition coefficient (Wildman–Crippen LogP) is -0.943. The minimum atomic E-state index is -1.16. The van der Waals surface area contributed by atoms with Crippen molar-refractivity contribution in [2.75, 3.05) is 0 Å². The summed E-state index contributed by atoms with van der Waals surface area (Å²) in [6.07, 6.45) is 11.5. The molecule has 0 aliphatic carbocycles. The van der Waals surface area contributed by atoms with Gasteiger partial charge in [-0.3, -0.25) is 4.79 Å². The van der Waals surface area contributed by atoms with Crippen LogP contribution in [0.3, 0.4) is 0 Å². The molecule has 0 aliphatic rings. The second kappa shape index (κ2) is 26.2. The van der Waals surface area contributed by atoms with Gasteiger partial charge in [-0.2, -0.15) is 0 Å². The van der Waals surface area contributed by atoms with Crippen LogP contribution in [0.1, 0.15) is 13.8 Å². The summed E-state index contributed by atoms with van der Waals surface area (Å²) in [6.45, 7) is 3.36. The molecule has 0 unspecified atom stereocenters. The third-order valence-electron chi connectivity index (χ3n) is 1.07. The van der Waals surface area contributed by atoms with E-state index in [-0.39, 0.29) is 44.2 Å². The quantitative estimate of drug-likeness (QED) is 0.310. The van der Waals surface area contributed by atoms with Gasteiger partial charge < -0.3 is 24.9 Å². The third-order valence-corrected chi connectivity index (χ3v) is 1.07. The van der Waals surface area contributed by atoms with E-state index in [1.165, 1.54) is 12.2 Å². The number of hydrogen-bond donors (Lipinski definition) is 1. The Balaban J connectivity index is -0.000000103. The van der Waals surface area contributed by atoms with Gasteiger partial charge in [0.2, 0.25) is 0 Å². The fourth-order valence-corrected chi connectivity index (χ4v) is 0.490. The molecule has 0 atom stereocenters. The molecule has 0 spiro atoms. The molecule has 0 saturated carbocycles. The monoisotopic (exact) mass is 308 g/mol. The van der Waals surface area contributed by atoms with Gasteiger partial charge in [-0.15, -0.1) is 0 Å². The van der Waals surface area contributed by atoms with Crippen LogP contribution in [0.15, 0.2) is 48.6 Å². The van der Waals surface area contributed by atoms with Crippen molar-refractivity contribution in [1.82, 2.24) is 0 Å². The molecule has 0 aliphatic heterocycles. The first-order chi connectivity index (χ1) is 8.95. The second-order valence-electron chi connectivity index (χ2n) is 2.51. The van der Waals surface area contributed by atoms with E-state index in [4.69, 9.17) is 9.90 Å². The van der Waals surface area contributed by atoms with Crippen LogP contribution in [0.2, 0.25) is 0 Å². The van der Waals surface area contributed by atoms with E-state index in [9.17, 15) is 19.8 Å².